The summed E-state index contributed by atoms with van der Waals surface area (Å²) < 4.78 is 27.9. The van der Waals surface area contributed by atoms with Gasteiger partial charge in [-0.3, -0.25) is 0 Å². The summed E-state index contributed by atoms with van der Waals surface area (Å²) in [5, 5.41) is 9.21. The lowest BCUT2D eigenvalue weighted by atomic mass is 10.4. The first kappa shape index (κ1) is 15.8. The molecular weight excluding hydrogens is 264 g/mol. The molecule has 0 aliphatic rings. The summed E-state index contributed by atoms with van der Waals surface area (Å²) in [7, 11) is -3.59. The molecule has 1 heterocycles. The zero-order valence-electron chi connectivity index (χ0n) is 11.3. The number of aryl methyl sites for hydroxylation is 1. The third-order valence-corrected chi connectivity index (χ3v) is 4.65. The van der Waals surface area contributed by atoms with Crippen molar-refractivity contribution >= 4 is 10.0 Å². The Labute approximate surface area is 114 Å². The van der Waals surface area contributed by atoms with E-state index in [0.717, 1.165) is 0 Å². The molecule has 0 saturated carbocycles. The number of terminal acetylenes is 1. The first-order valence-electron chi connectivity index (χ1n) is 6.24. The highest BCUT2D eigenvalue weighted by atomic mass is 32.2. The van der Waals surface area contributed by atoms with Crippen molar-refractivity contribution in [2.45, 2.75) is 38.3 Å². The van der Waals surface area contributed by atoms with Gasteiger partial charge in [-0.15, -0.1) is 6.42 Å². The fourth-order valence-corrected chi connectivity index (χ4v) is 3.39. The third-order valence-electron chi connectivity index (χ3n) is 2.84. The molecule has 1 rings (SSSR count). The van der Waals surface area contributed by atoms with Gasteiger partial charge in [-0.05, 0) is 19.4 Å². The second kappa shape index (κ2) is 6.75. The van der Waals surface area contributed by atoms with Gasteiger partial charge in [0.15, 0.2) is 0 Å². The predicted octanol–water partition coefficient (Wildman–Crippen LogP) is 1.03. The van der Waals surface area contributed by atoms with E-state index >= 15 is 0 Å². The number of aromatic nitrogens is 1. The van der Waals surface area contributed by atoms with E-state index in [-0.39, 0.29) is 18.0 Å². The van der Waals surface area contributed by atoms with Gasteiger partial charge in [0.05, 0.1) is 13.2 Å². The number of nitrogens with zero attached hydrogens (tertiary/aromatic N) is 2. The Morgan fingerprint density at radius 2 is 2.16 bits per heavy atom. The van der Waals surface area contributed by atoms with Gasteiger partial charge >= 0.3 is 0 Å². The zero-order valence-corrected chi connectivity index (χ0v) is 12.2. The number of sulfonamides is 1. The van der Waals surface area contributed by atoms with Gasteiger partial charge < -0.3 is 9.67 Å². The Morgan fingerprint density at radius 3 is 2.58 bits per heavy atom. The van der Waals surface area contributed by atoms with E-state index in [1.165, 1.54) is 10.4 Å². The van der Waals surface area contributed by atoms with Gasteiger partial charge in [-0.25, -0.2) is 8.42 Å². The minimum Gasteiger partial charge on any atom is -0.390 e. The molecule has 19 heavy (non-hydrogen) atoms. The summed E-state index contributed by atoms with van der Waals surface area (Å²) in [6.45, 7) is 4.65. The maximum atomic E-state index is 12.4. The van der Waals surface area contributed by atoms with Gasteiger partial charge in [0.1, 0.15) is 4.90 Å². The molecule has 0 spiro atoms. The van der Waals surface area contributed by atoms with Crippen LogP contribution in [0.15, 0.2) is 17.2 Å². The number of hydrogen-bond acceptors (Lipinski definition) is 3. The largest absolute Gasteiger partial charge is 0.390 e. The van der Waals surface area contributed by atoms with Crippen molar-refractivity contribution in [1.29, 1.82) is 0 Å². The van der Waals surface area contributed by atoms with E-state index in [2.05, 4.69) is 5.92 Å². The number of aliphatic hydroxyl groups excluding tert-OH is 1. The van der Waals surface area contributed by atoms with Crippen molar-refractivity contribution in [3.05, 3.63) is 18.0 Å². The summed E-state index contributed by atoms with van der Waals surface area (Å²) in [5.41, 5.74) is 0.582. The molecule has 0 aliphatic carbocycles. The van der Waals surface area contributed by atoms with Crippen LogP contribution in [0.1, 0.15) is 26.0 Å². The fourth-order valence-electron chi connectivity index (χ4n) is 1.88. The van der Waals surface area contributed by atoms with Gasteiger partial charge in [-0.2, -0.15) is 4.31 Å². The number of rotatable bonds is 7. The molecule has 0 bridgehead atoms. The second-order valence-corrected chi connectivity index (χ2v) is 6.09. The minimum atomic E-state index is -3.59. The van der Waals surface area contributed by atoms with Crippen LogP contribution in [0.4, 0.5) is 0 Å². The highest BCUT2D eigenvalue weighted by Crippen LogP contribution is 2.19. The SMILES string of the molecule is C#CCN(CCC)S(=O)(=O)c1cc(CO)n(CC)c1. The molecule has 106 valence electrons. The molecular formula is C13H20N2O3S. The van der Waals surface area contributed by atoms with E-state index in [4.69, 9.17) is 6.42 Å². The van der Waals surface area contributed by atoms with Crippen molar-refractivity contribution in [2.75, 3.05) is 13.1 Å². The summed E-state index contributed by atoms with van der Waals surface area (Å²) >= 11 is 0. The first-order valence-corrected chi connectivity index (χ1v) is 7.68. The van der Waals surface area contributed by atoms with Crippen LogP contribution in [0.5, 0.6) is 0 Å². The summed E-state index contributed by atoms with van der Waals surface area (Å²) in [6, 6.07) is 1.50. The van der Waals surface area contributed by atoms with Crippen LogP contribution < -0.4 is 0 Å². The molecule has 0 unspecified atom stereocenters. The lowest BCUT2D eigenvalue weighted by molar-refractivity contribution is 0.271. The molecule has 0 aliphatic heterocycles. The topological polar surface area (TPSA) is 62.5 Å². The van der Waals surface area contributed by atoms with Crippen LogP contribution in [-0.2, 0) is 23.2 Å². The van der Waals surface area contributed by atoms with Crippen molar-refractivity contribution in [3.8, 4) is 12.3 Å². The molecule has 0 amide bonds. The van der Waals surface area contributed by atoms with Crippen molar-refractivity contribution in [3.63, 3.8) is 0 Å². The monoisotopic (exact) mass is 284 g/mol. The van der Waals surface area contributed by atoms with Crippen LogP contribution >= 0.6 is 0 Å². The zero-order chi connectivity index (χ0) is 14.5. The quantitative estimate of drug-likeness (QED) is 0.761. The minimum absolute atomic E-state index is 0.0575. The highest BCUT2D eigenvalue weighted by molar-refractivity contribution is 7.89. The smallest absolute Gasteiger partial charge is 0.245 e. The van der Waals surface area contributed by atoms with Crippen molar-refractivity contribution < 1.29 is 13.5 Å². The van der Waals surface area contributed by atoms with Crippen molar-refractivity contribution in [1.82, 2.24) is 8.87 Å². The van der Waals surface area contributed by atoms with Crippen LogP contribution in [0.25, 0.3) is 0 Å². The van der Waals surface area contributed by atoms with Crippen LogP contribution in [-0.4, -0.2) is 35.5 Å². The second-order valence-electron chi connectivity index (χ2n) is 4.15. The predicted molar refractivity (Wildman–Crippen MR) is 73.9 cm³/mol. The molecule has 0 radical (unpaired) electrons. The average molecular weight is 284 g/mol. The van der Waals surface area contributed by atoms with Gasteiger partial charge in [0, 0.05) is 25.0 Å². The van der Waals surface area contributed by atoms with E-state index in [1.54, 1.807) is 10.8 Å². The number of aliphatic hydroxyl groups is 1. The van der Waals surface area contributed by atoms with E-state index in [1.807, 2.05) is 13.8 Å². The van der Waals surface area contributed by atoms with Crippen LogP contribution in [0, 0.1) is 12.3 Å². The Hall–Kier alpha value is -1.29. The summed E-state index contributed by atoms with van der Waals surface area (Å²) in [6.07, 6.45) is 7.46. The average Bonchev–Trinajstić information content (AvgIpc) is 2.82. The Kier molecular flexibility index (Phi) is 5.60. The maximum Gasteiger partial charge on any atom is 0.245 e. The molecule has 1 aromatic rings. The van der Waals surface area contributed by atoms with Crippen LogP contribution in [0.2, 0.25) is 0 Å². The Morgan fingerprint density at radius 1 is 1.47 bits per heavy atom. The Balaban J connectivity index is 3.18. The molecule has 1 N–H and O–H groups in total. The Bertz CT molecular complexity index is 533. The number of hydrogen-bond donors (Lipinski definition) is 1. The lowest BCUT2D eigenvalue weighted by Gasteiger charge is -2.18. The lowest BCUT2D eigenvalue weighted by Crippen LogP contribution is -2.32. The summed E-state index contributed by atoms with van der Waals surface area (Å²) in [5.74, 6) is 2.37. The van der Waals surface area contributed by atoms with E-state index < -0.39 is 10.0 Å². The fraction of sp³-hybridized carbons (Fsp3) is 0.538. The van der Waals surface area contributed by atoms with Crippen molar-refractivity contribution in [2.24, 2.45) is 0 Å². The van der Waals surface area contributed by atoms with Crippen LogP contribution in [0.3, 0.4) is 0 Å². The molecule has 0 saturated heterocycles. The van der Waals surface area contributed by atoms with Gasteiger partial charge in [0.25, 0.3) is 0 Å². The highest BCUT2D eigenvalue weighted by Gasteiger charge is 2.25. The van der Waals surface area contributed by atoms with E-state index in [0.29, 0.717) is 25.2 Å². The molecule has 0 aromatic carbocycles. The molecule has 6 heteroatoms. The first-order chi connectivity index (χ1) is 9.01. The van der Waals surface area contributed by atoms with Gasteiger partial charge in [0.2, 0.25) is 10.0 Å². The summed E-state index contributed by atoms with van der Waals surface area (Å²) in [4.78, 5) is 0.183. The molecule has 0 atom stereocenters. The van der Waals surface area contributed by atoms with Gasteiger partial charge in [-0.1, -0.05) is 12.8 Å². The molecule has 0 fully saturated rings. The maximum absolute atomic E-state index is 12.4. The van der Waals surface area contributed by atoms with E-state index in [9.17, 15) is 13.5 Å². The molecule has 1 aromatic heterocycles. The normalized spacial score (nSPS) is 11.7. The third kappa shape index (κ3) is 3.38. The standard InChI is InChI=1S/C13H20N2O3S/c1-4-7-15(8-5-2)19(17,18)13-9-12(11-16)14(6-3)10-13/h1,9-10,16H,5-8,11H2,2-3H3. The molecule has 5 nitrogen and oxygen atoms in total.